The zero-order valence-electron chi connectivity index (χ0n) is 19.8. The second-order valence-electron chi connectivity index (χ2n) is 9.09. The van der Waals surface area contributed by atoms with E-state index in [9.17, 15) is 0 Å². The molecular formula is C34H25BrSi. The lowest BCUT2D eigenvalue weighted by molar-refractivity contribution is 1.60. The van der Waals surface area contributed by atoms with E-state index in [1.807, 2.05) is 0 Å². The topological polar surface area (TPSA) is 0 Å². The molecule has 172 valence electrons. The third kappa shape index (κ3) is 3.93. The quantitative estimate of drug-likeness (QED) is 0.169. The van der Waals surface area contributed by atoms with E-state index in [2.05, 4.69) is 168 Å². The Labute approximate surface area is 222 Å². The lowest BCUT2D eigenvalue weighted by atomic mass is 10.1. The van der Waals surface area contributed by atoms with E-state index < -0.39 is 8.07 Å². The van der Waals surface area contributed by atoms with E-state index in [1.54, 1.807) is 0 Å². The Morgan fingerprint density at radius 3 is 1.47 bits per heavy atom. The summed E-state index contributed by atoms with van der Waals surface area (Å²) in [5, 5.41) is 8.21. The van der Waals surface area contributed by atoms with Crippen molar-refractivity contribution >= 4 is 55.5 Å². The Balaban J connectivity index is 1.67. The molecule has 0 fully saturated rings. The maximum Gasteiger partial charge on any atom is 0.180 e. The molecule has 6 aromatic rings. The normalized spacial score (nSPS) is 11.5. The van der Waals surface area contributed by atoms with Crippen molar-refractivity contribution in [3.8, 4) is 11.1 Å². The van der Waals surface area contributed by atoms with Crippen LogP contribution >= 0.6 is 15.9 Å². The molecule has 6 aromatic carbocycles. The van der Waals surface area contributed by atoms with Crippen molar-refractivity contribution in [2.24, 2.45) is 0 Å². The Hall–Kier alpha value is -3.72. The van der Waals surface area contributed by atoms with E-state index in [0.717, 1.165) is 4.47 Å². The van der Waals surface area contributed by atoms with Gasteiger partial charge >= 0.3 is 0 Å². The van der Waals surface area contributed by atoms with Crippen LogP contribution in [0.4, 0.5) is 0 Å². The molecule has 0 unspecified atom stereocenters. The fourth-order valence-corrected chi connectivity index (χ4v) is 10.7. The summed E-state index contributed by atoms with van der Waals surface area (Å²) in [6.45, 7) is 0. The predicted molar refractivity (Wildman–Crippen MR) is 161 cm³/mol. The molecule has 0 aliphatic heterocycles. The minimum atomic E-state index is -2.60. The Morgan fingerprint density at radius 2 is 0.861 bits per heavy atom. The fraction of sp³-hybridized carbons (Fsp3) is 0. The average molecular weight is 542 g/mol. The zero-order chi connectivity index (χ0) is 24.4. The van der Waals surface area contributed by atoms with Gasteiger partial charge in [0.25, 0.3) is 0 Å². The van der Waals surface area contributed by atoms with Gasteiger partial charge in [0, 0.05) is 4.47 Å². The number of rotatable bonds is 5. The summed E-state index contributed by atoms with van der Waals surface area (Å²) in [5.74, 6) is 0. The van der Waals surface area contributed by atoms with E-state index >= 15 is 0 Å². The molecule has 0 aliphatic rings. The molecule has 6 rings (SSSR count). The standard InChI is InChI=1S/C34H25BrSi/c35-29-22-18-26(19-23-29)27-20-24-32(25-21-27)36(30-12-3-1-4-13-30,31-14-5-2-6-15-31)34-17-9-11-28-10-7-8-16-33(28)34/h1-25H. The summed E-state index contributed by atoms with van der Waals surface area (Å²) in [4.78, 5) is 0. The SMILES string of the molecule is Brc1ccc(-c2ccc([Si](c3ccccc3)(c3ccccc3)c3cccc4ccccc34)cc2)cc1. The van der Waals surface area contributed by atoms with E-state index in [0.29, 0.717) is 0 Å². The number of halogens is 1. The first-order valence-electron chi connectivity index (χ1n) is 12.2. The highest BCUT2D eigenvalue weighted by Gasteiger charge is 2.42. The second kappa shape index (κ2) is 9.73. The first-order chi connectivity index (χ1) is 17.8. The third-order valence-electron chi connectivity index (χ3n) is 7.10. The van der Waals surface area contributed by atoms with Crippen molar-refractivity contribution in [1.29, 1.82) is 0 Å². The van der Waals surface area contributed by atoms with Crippen LogP contribution < -0.4 is 20.7 Å². The van der Waals surface area contributed by atoms with Gasteiger partial charge in [-0.15, -0.1) is 0 Å². The first kappa shape index (κ1) is 22.7. The smallest absolute Gasteiger partial charge is 0.0623 e. The Bertz CT molecular complexity index is 1560. The Morgan fingerprint density at radius 1 is 0.389 bits per heavy atom. The van der Waals surface area contributed by atoms with Crippen molar-refractivity contribution in [3.05, 3.63) is 156 Å². The third-order valence-corrected chi connectivity index (χ3v) is 12.5. The lowest BCUT2D eigenvalue weighted by Crippen LogP contribution is -2.74. The molecule has 0 bridgehead atoms. The molecule has 0 atom stereocenters. The van der Waals surface area contributed by atoms with Crippen molar-refractivity contribution in [2.45, 2.75) is 0 Å². The van der Waals surface area contributed by atoms with Crippen molar-refractivity contribution in [2.75, 3.05) is 0 Å². The van der Waals surface area contributed by atoms with Crippen LogP contribution in [0.25, 0.3) is 21.9 Å². The monoisotopic (exact) mass is 540 g/mol. The molecule has 0 radical (unpaired) electrons. The van der Waals surface area contributed by atoms with Crippen LogP contribution in [0.5, 0.6) is 0 Å². The summed E-state index contributed by atoms with van der Waals surface area (Å²) in [5.41, 5.74) is 2.45. The summed E-state index contributed by atoms with van der Waals surface area (Å²) in [6.07, 6.45) is 0. The van der Waals surface area contributed by atoms with Gasteiger partial charge in [0.1, 0.15) is 0 Å². The highest BCUT2D eigenvalue weighted by Crippen LogP contribution is 2.23. The summed E-state index contributed by atoms with van der Waals surface area (Å²) < 4.78 is 1.10. The minimum Gasteiger partial charge on any atom is -0.0623 e. The largest absolute Gasteiger partial charge is 0.180 e. The first-order valence-corrected chi connectivity index (χ1v) is 15.0. The van der Waals surface area contributed by atoms with Gasteiger partial charge in [-0.2, -0.15) is 0 Å². The number of fused-ring (bicyclic) bond motifs is 1. The molecular weight excluding hydrogens is 516 g/mol. The molecule has 0 nitrogen and oxygen atoms in total. The van der Waals surface area contributed by atoms with Crippen LogP contribution in [-0.2, 0) is 0 Å². The van der Waals surface area contributed by atoms with E-state index in [4.69, 9.17) is 0 Å². The highest BCUT2D eigenvalue weighted by molar-refractivity contribution is 9.10. The maximum absolute atomic E-state index is 3.56. The average Bonchev–Trinajstić information content (AvgIpc) is 2.96. The van der Waals surface area contributed by atoms with Gasteiger partial charge in [0.2, 0.25) is 0 Å². The van der Waals surface area contributed by atoms with Gasteiger partial charge in [0.05, 0.1) is 0 Å². The van der Waals surface area contributed by atoms with Crippen LogP contribution in [0.3, 0.4) is 0 Å². The number of hydrogen-bond acceptors (Lipinski definition) is 0. The van der Waals surface area contributed by atoms with Gasteiger partial charge in [-0.3, -0.25) is 0 Å². The van der Waals surface area contributed by atoms with Crippen molar-refractivity contribution in [3.63, 3.8) is 0 Å². The maximum atomic E-state index is 3.56. The molecule has 2 heteroatoms. The second-order valence-corrected chi connectivity index (χ2v) is 13.8. The highest BCUT2D eigenvalue weighted by atomic mass is 79.9. The lowest BCUT2D eigenvalue weighted by Gasteiger charge is -2.35. The predicted octanol–water partition coefficient (Wildman–Crippen LogP) is 6.65. The van der Waals surface area contributed by atoms with Gasteiger partial charge in [-0.05, 0) is 54.8 Å². The molecule has 0 heterocycles. The van der Waals surface area contributed by atoms with Crippen LogP contribution in [0, 0.1) is 0 Å². The molecule has 0 saturated carbocycles. The van der Waals surface area contributed by atoms with E-state index in [1.165, 1.54) is 42.6 Å². The van der Waals surface area contributed by atoms with Crippen LogP contribution in [0.15, 0.2) is 156 Å². The van der Waals surface area contributed by atoms with Gasteiger partial charge in [-0.25, -0.2) is 0 Å². The summed E-state index contributed by atoms with van der Waals surface area (Å²) in [6, 6.07) is 55.7. The molecule has 0 aliphatic carbocycles. The Kier molecular flexibility index (Phi) is 6.14. The van der Waals surface area contributed by atoms with Crippen molar-refractivity contribution in [1.82, 2.24) is 0 Å². The van der Waals surface area contributed by atoms with E-state index in [-0.39, 0.29) is 0 Å². The number of hydrogen-bond donors (Lipinski definition) is 0. The molecule has 0 aromatic heterocycles. The van der Waals surface area contributed by atoms with Crippen LogP contribution in [0.2, 0.25) is 0 Å². The minimum absolute atomic E-state index is 1.10. The van der Waals surface area contributed by atoms with Crippen molar-refractivity contribution < 1.29 is 0 Å². The summed E-state index contributed by atoms with van der Waals surface area (Å²) >= 11 is 3.56. The zero-order valence-corrected chi connectivity index (χ0v) is 22.4. The van der Waals surface area contributed by atoms with Crippen LogP contribution in [-0.4, -0.2) is 8.07 Å². The molecule has 0 saturated heterocycles. The number of benzene rings is 6. The van der Waals surface area contributed by atoms with Gasteiger partial charge in [0.15, 0.2) is 8.07 Å². The van der Waals surface area contributed by atoms with Gasteiger partial charge in [-0.1, -0.05) is 155 Å². The fourth-order valence-electron chi connectivity index (χ4n) is 5.45. The summed E-state index contributed by atoms with van der Waals surface area (Å²) in [7, 11) is -2.60. The molecule has 0 amide bonds. The molecule has 36 heavy (non-hydrogen) atoms. The molecule has 0 spiro atoms. The molecule has 0 N–H and O–H groups in total. The van der Waals surface area contributed by atoms with Crippen LogP contribution in [0.1, 0.15) is 0 Å². The van der Waals surface area contributed by atoms with Gasteiger partial charge < -0.3 is 0 Å².